The number of nitrogens with one attached hydrogen (secondary N) is 1. The van der Waals surface area contributed by atoms with Gasteiger partial charge in [0, 0.05) is 11.0 Å². The van der Waals surface area contributed by atoms with Crippen molar-refractivity contribution in [1.29, 1.82) is 0 Å². The second-order valence-electron chi connectivity index (χ2n) is 3.41. The zero-order valence-electron chi connectivity index (χ0n) is 9.43. The minimum absolute atomic E-state index is 0.00644. The lowest BCUT2D eigenvalue weighted by Gasteiger charge is -2.10. The van der Waals surface area contributed by atoms with E-state index in [1.54, 1.807) is 6.08 Å². The van der Waals surface area contributed by atoms with E-state index in [9.17, 15) is 4.79 Å². The fraction of sp³-hybridized carbons (Fsp3) is 0.250. The number of amides is 1. The molecule has 5 heteroatoms. The lowest BCUT2D eigenvalue weighted by Crippen LogP contribution is -2.28. The quantitative estimate of drug-likeness (QED) is 0.817. The molecule has 0 heterocycles. The second-order valence-corrected chi connectivity index (χ2v) is 5.12. The van der Waals surface area contributed by atoms with Gasteiger partial charge in [-0.05, 0) is 40.5 Å². The Morgan fingerprint density at radius 1 is 1.47 bits per heavy atom. The highest BCUT2D eigenvalue weighted by atomic mass is 79.9. The Bertz CT molecular complexity index is 433. The lowest BCUT2D eigenvalue weighted by molar-refractivity contribution is -0.122. The Hall–Kier alpha value is -0.810. The van der Waals surface area contributed by atoms with E-state index >= 15 is 0 Å². The number of carbonyl (C=O) groups excluding carboxylic acids is 1. The largest absolute Gasteiger partial charge is 0.483 e. The molecular formula is C12H13Br2NO2. The molecule has 0 saturated heterocycles. The third-order valence-electron chi connectivity index (χ3n) is 2.02. The first-order chi connectivity index (χ1) is 8.04. The number of carbonyl (C=O) groups is 1. The second kappa shape index (κ2) is 6.81. The van der Waals surface area contributed by atoms with Crippen LogP contribution in [0.4, 0.5) is 0 Å². The molecule has 0 bridgehead atoms. The van der Waals surface area contributed by atoms with Gasteiger partial charge < -0.3 is 10.1 Å². The zero-order valence-corrected chi connectivity index (χ0v) is 12.6. The van der Waals surface area contributed by atoms with Gasteiger partial charge in [-0.1, -0.05) is 22.0 Å². The van der Waals surface area contributed by atoms with Crippen LogP contribution in [0.5, 0.6) is 5.75 Å². The summed E-state index contributed by atoms with van der Waals surface area (Å²) in [4.78, 5) is 11.3. The van der Waals surface area contributed by atoms with E-state index in [1.165, 1.54) is 0 Å². The number of hydrogen-bond donors (Lipinski definition) is 1. The molecule has 0 spiro atoms. The number of ether oxygens (including phenoxy) is 1. The third kappa shape index (κ3) is 4.52. The van der Waals surface area contributed by atoms with E-state index in [1.807, 2.05) is 19.1 Å². The van der Waals surface area contributed by atoms with Gasteiger partial charge in [-0.15, -0.1) is 6.58 Å². The topological polar surface area (TPSA) is 38.3 Å². The standard InChI is InChI=1S/C12H13Br2NO2/c1-3-4-15-12(16)7-17-11-5-8(2)9(13)6-10(11)14/h3,5-6H,1,4,7H2,2H3,(H,15,16). The Kier molecular flexibility index (Phi) is 5.71. The molecular weight excluding hydrogens is 350 g/mol. The van der Waals surface area contributed by atoms with Gasteiger partial charge in [0.15, 0.2) is 6.61 Å². The Balaban J connectivity index is 2.60. The predicted molar refractivity (Wildman–Crippen MR) is 75.3 cm³/mol. The molecule has 0 fully saturated rings. The van der Waals surface area contributed by atoms with Crippen LogP contribution in [0.1, 0.15) is 5.56 Å². The van der Waals surface area contributed by atoms with Crippen LogP contribution < -0.4 is 10.1 Å². The van der Waals surface area contributed by atoms with Gasteiger partial charge in [0.05, 0.1) is 4.47 Å². The molecule has 1 aromatic carbocycles. The van der Waals surface area contributed by atoms with Crippen LogP contribution in [-0.4, -0.2) is 19.1 Å². The number of hydrogen-bond acceptors (Lipinski definition) is 2. The number of benzene rings is 1. The summed E-state index contributed by atoms with van der Waals surface area (Å²) >= 11 is 6.80. The monoisotopic (exact) mass is 361 g/mol. The molecule has 1 amide bonds. The number of aryl methyl sites for hydroxylation is 1. The van der Waals surface area contributed by atoms with Gasteiger partial charge >= 0.3 is 0 Å². The van der Waals surface area contributed by atoms with Gasteiger partial charge in [0.2, 0.25) is 0 Å². The third-order valence-corrected chi connectivity index (χ3v) is 3.49. The molecule has 1 rings (SSSR count). The van der Waals surface area contributed by atoms with Crippen LogP contribution in [0.25, 0.3) is 0 Å². The van der Waals surface area contributed by atoms with E-state index in [-0.39, 0.29) is 12.5 Å². The Morgan fingerprint density at radius 2 is 2.18 bits per heavy atom. The van der Waals surface area contributed by atoms with Crippen molar-refractivity contribution in [1.82, 2.24) is 5.32 Å². The van der Waals surface area contributed by atoms with Crippen LogP contribution in [0, 0.1) is 6.92 Å². The molecule has 0 atom stereocenters. The highest BCUT2D eigenvalue weighted by Crippen LogP contribution is 2.31. The molecule has 0 aliphatic rings. The van der Waals surface area contributed by atoms with E-state index in [4.69, 9.17) is 4.74 Å². The summed E-state index contributed by atoms with van der Waals surface area (Å²) in [6, 6.07) is 3.77. The van der Waals surface area contributed by atoms with Crippen LogP contribution in [0.2, 0.25) is 0 Å². The van der Waals surface area contributed by atoms with Gasteiger partial charge in [0.25, 0.3) is 5.91 Å². The molecule has 0 unspecified atom stereocenters. The summed E-state index contributed by atoms with van der Waals surface area (Å²) in [6.07, 6.45) is 1.62. The maximum atomic E-state index is 11.3. The molecule has 17 heavy (non-hydrogen) atoms. The molecule has 0 radical (unpaired) electrons. The first-order valence-electron chi connectivity index (χ1n) is 5.00. The molecule has 3 nitrogen and oxygen atoms in total. The highest BCUT2D eigenvalue weighted by molar-refractivity contribution is 9.11. The first kappa shape index (κ1) is 14.3. The summed E-state index contributed by atoms with van der Waals surface area (Å²) < 4.78 is 7.22. The van der Waals surface area contributed by atoms with E-state index in [0.29, 0.717) is 12.3 Å². The van der Waals surface area contributed by atoms with Gasteiger partial charge in [-0.2, -0.15) is 0 Å². The van der Waals surface area contributed by atoms with E-state index < -0.39 is 0 Å². The zero-order chi connectivity index (χ0) is 12.8. The fourth-order valence-corrected chi connectivity index (χ4v) is 2.23. The minimum Gasteiger partial charge on any atom is -0.483 e. The number of rotatable bonds is 5. The highest BCUT2D eigenvalue weighted by Gasteiger charge is 2.07. The van der Waals surface area contributed by atoms with Crippen molar-refractivity contribution >= 4 is 37.8 Å². The summed E-state index contributed by atoms with van der Waals surface area (Å²) in [7, 11) is 0. The van der Waals surface area contributed by atoms with Crippen LogP contribution >= 0.6 is 31.9 Å². The van der Waals surface area contributed by atoms with E-state index in [0.717, 1.165) is 14.5 Å². The fourth-order valence-electron chi connectivity index (χ4n) is 1.12. The SMILES string of the molecule is C=CCNC(=O)COc1cc(C)c(Br)cc1Br. The molecule has 92 valence electrons. The van der Waals surface area contributed by atoms with Crippen molar-refractivity contribution in [3.63, 3.8) is 0 Å². The number of halogens is 2. The van der Waals surface area contributed by atoms with Crippen molar-refractivity contribution in [3.05, 3.63) is 39.3 Å². The first-order valence-corrected chi connectivity index (χ1v) is 6.59. The van der Waals surface area contributed by atoms with Crippen molar-refractivity contribution in [2.75, 3.05) is 13.2 Å². The average molecular weight is 363 g/mol. The molecule has 0 aliphatic carbocycles. The molecule has 1 N–H and O–H groups in total. The van der Waals surface area contributed by atoms with Gasteiger partial charge in [-0.3, -0.25) is 4.79 Å². The van der Waals surface area contributed by atoms with Crippen LogP contribution in [0.3, 0.4) is 0 Å². The minimum atomic E-state index is -0.169. The van der Waals surface area contributed by atoms with Gasteiger partial charge in [-0.25, -0.2) is 0 Å². The predicted octanol–water partition coefficient (Wildman–Crippen LogP) is 3.20. The molecule has 0 aromatic heterocycles. The average Bonchev–Trinajstić information content (AvgIpc) is 2.29. The smallest absolute Gasteiger partial charge is 0.258 e. The van der Waals surface area contributed by atoms with Gasteiger partial charge in [0.1, 0.15) is 5.75 Å². The molecule has 1 aromatic rings. The van der Waals surface area contributed by atoms with Crippen molar-refractivity contribution in [3.8, 4) is 5.75 Å². The van der Waals surface area contributed by atoms with Crippen LogP contribution in [0.15, 0.2) is 33.7 Å². The molecule has 0 aliphatic heterocycles. The van der Waals surface area contributed by atoms with Crippen LogP contribution in [-0.2, 0) is 4.79 Å². The van der Waals surface area contributed by atoms with Crippen molar-refractivity contribution < 1.29 is 9.53 Å². The van der Waals surface area contributed by atoms with Crippen molar-refractivity contribution in [2.45, 2.75) is 6.92 Å². The maximum absolute atomic E-state index is 11.3. The summed E-state index contributed by atoms with van der Waals surface area (Å²) in [5.41, 5.74) is 1.05. The Morgan fingerprint density at radius 3 is 2.82 bits per heavy atom. The Labute approximate surface area is 117 Å². The van der Waals surface area contributed by atoms with Crippen molar-refractivity contribution in [2.24, 2.45) is 0 Å². The maximum Gasteiger partial charge on any atom is 0.258 e. The summed E-state index contributed by atoms with van der Waals surface area (Å²) in [5, 5.41) is 2.64. The molecule has 0 saturated carbocycles. The lowest BCUT2D eigenvalue weighted by atomic mass is 10.2. The van der Waals surface area contributed by atoms with E-state index in [2.05, 4.69) is 43.8 Å². The summed E-state index contributed by atoms with van der Waals surface area (Å²) in [6.45, 7) is 5.92. The normalized spacial score (nSPS) is 9.82. The summed E-state index contributed by atoms with van der Waals surface area (Å²) in [5.74, 6) is 0.483.